The Morgan fingerprint density at radius 3 is 2.72 bits per heavy atom. The van der Waals surface area contributed by atoms with Crippen LogP contribution in [0.2, 0.25) is 0 Å². The molecule has 0 radical (unpaired) electrons. The number of H-pyrrole nitrogens is 1. The van der Waals surface area contributed by atoms with Crippen LogP contribution in [0.5, 0.6) is 0 Å². The Hall–Kier alpha value is -1.52. The molecule has 0 saturated heterocycles. The van der Waals surface area contributed by atoms with E-state index in [1.54, 1.807) is 4.57 Å². The van der Waals surface area contributed by atoms with Gasteiger partial charge in [0.25, 0.3) is 5.56 Å². The Balaban J connectivity index is 1.96. The molecule has 1 aromatic heterocycles. The minimum absolute atomic E-state index is 0.0737. The number of aromatic amines is 1. The lowest BCUT2D eigenvalue weighted by Crippen LogP contribution is -2.36. The maximum atomic E-state index is 11.9. The van der Waals surface area contributed by atoms with E-state index in [0.717, 1.165) is 11.8 Å². The zero-order valence-electron chi connectivity index (χ0n) is 10.6. The average Bonchev–Trinajstić information content (AvgIpc) is 2.88. The van der Waals surface area contributed by atoms with Gasteiger partial charge in [-0.3, -0.25) is 14.3 Å². The smallest absolute Gasteiger partial charge is 0.330 e. The molecule has 2 aliphatic rings. The third kappa shape index (κ3) is 1.69. The highest BCUT2D eigenvalue weighted by atomic mass is 16.2. The highest BCUT2D eigenvalue weighted by molar-refractivity contribution is 5.27. The summed E-state index contributed by atoms with van der Waals surface area (Å²) < 4.78 is 1.55. The second-order valence-electron chi connectivity index (χ2n) is 5.81. The summed E-state index contributed by atoms with van der Waals surface area (Å²) in [6, 6.07) is 1.37. The van der Waals surface area contributed by atoms with Crippen LogP contribution >= 0.6 is 0 Å². The highest BCUT2D eigenvalue weighted by Crippen LogP contribution is 2.52. The molecule has 2 bridgehead atoms. The third-order valence-electron chi connectivity index (χ3n) is 4.83. The molecule has 0 aromatic carbocycles. The van der Waals surface area contributed by atoms with Crippen molar-refractivity contribution in [3.8, 4) is 0 Å². The molecule has 5 heteroatoms. The fourth-order valence-electron chi connectivity index (χ4n) is 4.02. The van der Waals surface area contributed by atoms with Crippen molar-refractivity contribution in [3.63, 3.8) is 0 Å². The minimum Gasteiger partial charge on any atom is -0.385 e. The zero-order valence-corrected chi connectivity index (χ0v) is 10.6. The van der Waals surface area contributed by atoms with Gasteiger partial charge in [0.1, 0.15) is 5.82 Å². The third-order valence-corrected chi connectivity index (χ3v) is 4.83. The van der Waals surface area contributed by atoms with E-state index < -0.39 is 5.56 Å². The highest BCUT2D eigenvalue weighted by Gasteiger charge is 2.42. The Morgan fingerprint density at radius 2 is 2.17 bits per heavy atom. The Morgan fingerprint density at radius 1 is 1.39 bits per heavy atom. The van der Waals surface area contributed by atoms with Crippen molar-refractivity contribution in [2.75, 3.05) is 5.73 Å². The van der Waals surface area contributed by atoms with Crippen LogP contribution in [0.15, 0.2) is 15.7 Å². The van der Waals surface area contributed by atoms with E-state index in [1.165, 1.54) is 31.7 Å². The summed E-state index contributed by atoms with van der Waals surface area (Å²) in [6.45, 7) is 2.04. The first-order valence-electron chi connectivity index (χ1n) is 6.67. The summed E-state index contributed by atoms with van der Waals surface area (Å²) in [4.78, 5) is 25.4. The van der Waals surface area contributed by atoms with Crippen LogP contribution in [0.25, 0.3) is 0 Å². The maximum Gasteiger partial charge on any atom is 0.330 e. The van der Waals surface area contributed by atoms with Gasteiger partial charge in [-0.05, 0) is 43.9 Å². The number of anilines is 1. The molecule has 0 amide bonds. The average molecular weight is 249 g/mol. The quantitative estimate of drug-likeness (QED) is 0.824. The van der Waals surface area contributed by atoms with Crippen LogP contribution in [0.1, 0.15) is 38.6 Å². The van der Waals surface area contributed by atoms with Gasteiger partial charge < -0.3 is 5.73 Å². The monoisotopic (exact) mass is 249 g/mol. The van der Waals surface area contributed by atoms with Crippen molar-refractivity contribution in [1.29, 1.82) is 0 Å². The van der Waals surface area contributed by atoms with Crippen molar-refractivity contribution in [3.05, 3.63) is 26.9 Å². The van der Waals surface area contributed by atoms with E-state index in [9.17, 15) is 9.59 Å². The second kappa shape index (κ2) is 4.00. The van der Waals surface area contributed by atoms with Gasteiger partial charge in [0.15, 0.2) is 0 Å². The summed E-state index contributed by atoms with van der Waals surface area (Å²) >= 11 is 0. The number of nitrogens with two attached hydrogens (primary N) is 1. The zero-order chi connectivity index (χ0) is 12.9. The van der Waals surface area contributed by atoms with Crippen molar-refractivity contribution < 1.29 is 0 Å². The van der Waals surface area contributed by atoms with Gasteiger partial charge in [-0.2, -0.15) is 0 Å². The fourth-order valence-corrected chi connectivity index (χ4v) is 4.02. The van der Waals surface area contributed by atoms with E-state index in [4.69, 9.17) is 5.73 Å². The summed E-state index contributed by atoms with van der Waals surface area (Å²) in [6.07, 6.45) is 5.10. The number of aromatic nitrogens is 2. The molecule has 2 saturated carbocycles. The van der Waals surface area contributed by atoms with Crippen LogP contribution in [0.4, 0.5) is 5.82 Å². The van der Waals surface area contributed by atoms with Gasteiger partial charge >= 0.3 is 5.69 Å². The molecule has 0 unspecified atom stereocenters. The lowest BCUT2D eigenvalue weighted by atomic mass is 9.84. The van der Waals surface area contributed by atoms with Gasteiger partial charge in [0.2, 0.25) is 0 Å². The summed E-state index contributed by atoms with van der Waals surface area (Å²) in [5.74, 6) is 2.36. The fraction of sp³-hybridized carbons (Fsp3) is 0.692. The van der Waals surface area contributed by atoms with Gasteiger partial charge in [-0.1, -0.05) is 6.42 Å². The van der Waals surface area contributed by atoms with Gasteiger partial charge in [-0.25, -0.2) is 4.79 Å². The lowest BCUT2D eigenvalue weighted by molar-refractivity contribution is 0.239. The van der Waals surface area contributed by atoms with Gasteiger partial charge in [0.05, 0.1) is 0 Å². The molecule has 0 aliphatic heterocycles. The molecule has 5 nitrogen and oxygen atoms in total. The Kier molecular flexibility index (Phi) is 2.57. The molecule has 18 heavy (non-hydrogen) atoms. The van der Waals surface area contributed by atoms with E-state index in [-0.39, 0.29) is 17.5 Å². The van der Waals surface area contributed by atoms with E-state index >= 15 is 0 Å². The first-order valence-corrected chi connectivity index (χ1v) is 6.67. The first-order chi connectivity index (χ1) is 8.56. The number of hydrogen-bond donors (Lipinski definition) is 2. The van der Waals surface area contributed by atoms with Crippen LogP contribution in [0.3, 0.4) is 0 Å². The number of nitrogens with one attached hydrogen (secondary N) is 1. The van der Waals surface area contributed by atoms with Crippen LogP contribution in [-0.2, 0) is 0 Å². The molecule has 2 aliphatic carbocycles. The normalized spacial score (nSPS) is 31.7. The number of nitrogens with zero attached hydrogens (tertiary/aromatic N) is 1. The molecule has 2 fully saturated rings. The summed E-state index contributed by atoms with van der Waals surface area (Å²) in [5, 5.41) is 0. The molecule has 1 heterocycles. The van der Waals surface area contributed by atoms with Crippen molar-refractivity contribution in [2.24, 2.45) is 17.8 Å². The molecular formula is C13H19N3O2. The number of nitrogen functional groups attached to an aromatic ring is 1. The van der Waals surface area contributed by atoms with Crippen LogP contribution in [-0.4, -0.2) is 9.55 Å². The maximum absolute atomic E-state index is 11.9. The largest absolute Gasteiger partial charge is 0.385 e. The molecule has 3 rings (SSSR count). The molecule has 3 N–H and O–H groups in total. The molecule has 4 atom stereocenters. The van der Waals surface area contributed by atoms with Crippen molar-refractivity contribution in [1.82, 2.24) is 9.55 Å². The molecule has 0 spiro atoms. The second-order valence-corrected chi connectivity index (χ2v) is 5.81. The number of hydrogen-bond acceptors (Lipinski definition) is 3. The topological polar surface area (TPSA) is 80.9 Å². The van der Waals surface area contributed by atoms with Crippen molar-refractivity contribution >= 4 is 5.82 Å². The Bertz CT molecular complexity index is 574. The first kappa shape index (κ1) is 11.6. The predicted molar refractivity (Wildman–Crippen MR) is 69.4 cm³/mol. The van der Waals surface area contributed by atoms with E-state index in [1.807, 2.05) is 6.92 Å². The minimum atomic E-state index is -0.422. The van der Waals surface area contributed by atoms with E-state index in [0.29, 0.717) is 5.92 Å². The predicted octanol–water partition coefficient (Wildman–Crippen LogP) is 1.12. The standard InChI is InChI=1S/C13H19N3O2/c1-7(10-5-8-2-3-9(10)4-8)16-11(14)6-12(17)15-13(16)18/h6-10H,2-5,14H2,1H3,(H,15,17,18)/t7-,8-,9-,10-/m0/s1. The lowest BCUT2D eigenvalue weighted by Gasteiger charge is -2.29. The Labute approximate surface area is 105 Å². The van der Waals surface area contributed by atoms with E-state index in [2.05, 4.69) is 4.98 Å². The molecule has 98 valence electrons. The SMILES string of the molecule is C[C@@H]([C@@H]1C[C@H]2CC[C@H]1C2)n1c(N)cc(=O)[nH]c1=O. The van der Waals surface area contributed by atoms with Crippen molar-refractivity contribution in [2.45, 2.75) is 38.6 Å². The number of rotatable bonds is 2. The van der Waals surface area contributed by atoms with Crippen LogP contribution in [0, 0.1) is 17.8 Å². The summed E-state index contributed by atoms with van der Waals surface area (Å²) in [5.41, 5.74) is 5.03. The van der Waals surface area contributed by atoms with Crippen LogP contribution < -0.4 is 17.0 Å². The molecule has 1 aromatic rings. The molecular weight excluding hydrogens is 230 g/mol. The van der Waals surface area contributed by atoms with Gasteiger partial charge in [-0.15, -0.1) is 0 Å². The summed E-state index contributed by atoms with van der Waals surface area (Å²) in [7, 11) is 0. The number of fused-ring (bicyclic) bond motifs is 2. The van der Waals surface area contributed by atoms with Gasteiger partial charge in [0, 0.05) is 12.1 Å².